The number of ether oxygens (including phenoxy) is 1. The Morgan fingerprint density at radius 2 is 2.13 bits per heavy atom. The second-order valence-corrected chi connectivity index (χ2v) is 6.89. The number of piperidine rings is 1. The predicted molar refractivity (Wildman–Crippen MR) is 89.2 cm³/mol. The highest BCUT2D eigenvalue weighted by Crippen LogP contribution is 2.28. The first kappa shape index (κ1) is 17.5. The number of aliphatic hydroxyl groups excluding tert-OH is 1. The molecule has 0 bridgehead atoms. The SMILES string of the molecule is C=Cc1cn(CCO)c(C2CCN(C(=O)OC(C)(C)C)CC2)n1. The Bertz CT molecular complexity index is 552. The van der Waals surface area contributed by atoms with Crippen molar-refractivity contribution in [2.45, 2.75) is 51.7 Å². The first-order valence-corrected chi connectivity index (χ1v) is 8.12. The molecule has 1 N–H and O–H groups in total. The topological polar surface area (TPSA) is 67.6 Å². The van der Waals surface area contributed by atoms with Gasteiger partial charge in [0.1, 0.15) is 11.4 Å². The van der Waals surface area contributed by atoms with Crippen molar-refractivity contribution in [2.24, 2.45) is 0 Å². The van der Waals surface area contributed by atoms with Crippen molar-refractivity contribution in [1.29, 1.82) is 0 Å². The van der Waals surface area contributed by atoms with Gasteiger partial charge < -0.3 is 19.3 Å². The highest BCUT2D eigenvalue weighted by molar-refractivity contribution is 5.68. The van der Waals surface area contributed by atoms with Gasteiger partial charge in [0, 0.05) is 31.7 Å². The maximum absolute atomic E-state index is 12.1. The van der Waals surface area contributed by atoms with Gasteiger partial charge in [0.25, 0.3) is 0 Å². The molecule has 1 aromatic heterocycles. The third-order valence-corrected chi connectivity index (χ3v) is 3.89. The van der Waals surface area contributed by atoms with Crippen molar-refractivity contribution in [1.82, 2.24) is 14.5 Å². The molecule has 0 unspecified atom stereocenters. The van der Waals surface area contributed by atoms with Crippen LogP contribution in [0.15, 0.2) is 12.8 Å². The molecule has 6 heteroatoms. The maximum atomic E-state index is 12.1. The van der Waals surface area contributed by atoms with Gasteiger partial charge in [-0.25, -0.2) is 9.78 Å². The Kier molecular flexibility index (Phi) is 5.46. The minimum absolute atomic E-state index is 0.0801. The number of amides is 1. The lowest BCUT2D eigenvalue weighted by atomic mass is 9.96. The molecule has 0 radical (unpaired) electrons. The van der Waals surface area contributed by atoms with Crippen LogP contribution in [-0.2, 0) is 11.3 Å². The third-order valence-electron chi connectivity index (χ3n) is 3.89. The van der Waals surface area contributed by atoms with Crippen LogP contribution in [0.2, 0.25) is 0 Å². The molecule has 128 valence electrons. The lowest BCUT2D eigenvalue weighted by Crippen LogP contribution is -2.41. The van der Waals surface area contributed by atoms with Gasteiger partial charge in [-0.15, -0.1) is 0 Å². The molecule has 0 saturated carbocycles. The van der Waals surface area contributed by atoms with Crippen LogP contribution in [0, 0.1) is 0 Å². The van der Waals surface area contributed by atoms with Crippen molar-refractivity contribution < 1.29 is 14.6 Å². The van der Waals surface area contributed by atoms with Crippen molar-refractivity contribution in [3.8, 4) is 0 Å². The Labute approximate surface area is 137 Å². The molecule has 1 saturated heterocycles. The van der Waals surface area contributed by atoms with E-state index in [-0.39, 0.29) is 18.6 Å². The minimum atomic E-state index is -0.468. The zero-order chi connectivity index (χ0) is 17.0. The normalized spacial score (nSPS) is 16.4. The van der Waals surface area contributed by atoms with Gasteiger partial charge in [0.05, 0.1) is 12.3 Å². The van der Waals surface area contributed by atoms with Crippen LogP contribution >= 0.6 is 0 Å². The van der Waals surface area contributed by atoms with Crippen molar-refractivity contribution in [3.05, 3.63) is 24.3 Å². The van der Waals surface area contributed by atoms with Crippen molar-refractivity contribution in [2.75, 3.05) is 19.7 Å². The van der Waals surface area contributed by atoms with Gasteiger partial charge in [0.15, 0.2) is 0 Å². The van der Waals surface area contributed by atoms with Crippen LogP contribution in [0.5, 0.6) is 0 Å². The predicted octanol–water partition coefficient (Wildman–Crippen LogP) is 2.63. The van der Waals surface area contributed by atoms with E-state index in [1.165, 1.54) is 0 Å². The summed E-state index contributed by atoms with van der Waals surface area (Å²) in [5.74, 6) is 1.26. The van der Waals surface area contributed by atoms with Crippen LogP contribution in [0.25, 0.3) is 6.08 Å². The molecule has 0 spiro atoms. The summed E-state index contributed by atoms with van der Waals surface area (Å²) < 4.78 is 7.41. The molecular weight excluding hydrogens is 294 g/mol. The summed E-state index contributed by atoms with van der Waals surface area (Å²) in [7, 11) is 0. The van der Waals surface area contributed by atoms with Crippen LogP contribution in [0.1, 0.15) is 51.0 Å². The lowest BCUT2D eigenvalue weighted by Gasteiger charge is -2.33. The van der Waals surface area contributed by atoms with Crippen molar-refractivity contribution in [3.63, 3.8) is 0 Å². The molecule has 23 heavy (non-hydrogen) atoms. The molecule has 6 nitrogen and oxygen atoms in total. The van der Waals surface area contributed by atoms with E-state index in [2.05, 4.69) is 11.6 Å². The van der Waals surface area contributed by atoms with Crippen LogP contribution in [0.4, 0.5) is 4.79 Å². The molecule has 1 amide bonds. The molecule has 0 atom stereocenters. The Morgan fingerprint density at radius 3 is 2.65 bits per heavy atom. The molecule has 1 aliphatic heterocycles. The van der Waals surface area contributed by atoms with Gasteiger partial charge in [-0.2, -0.15) is 0 Å². The first-order chi connectivity index (χ1) is 10.8. The molecular formula is C17H27N3O3. The number of hydrogen-bond acceptors (Lipinski definition) is 4. The second-order valence-electron chi connectivity index (χ2n) is 6.89. The summed E-state index contributed by atoms with van der Waals surface area (Å²) in [6.07, 6.45) is 5.07. The fraction of sp³-hybridized carbons (Fsp3) is 0.647. The molecule has 1 aliphatic rings. The van der Waals surface area contributed by atoms with E-state index in [1.807, 2.05) is 31.5 Å². The van der Waals surface area contributed by atoms with Crippen LogP contribution < -0.4 is 0 Å². The summed E-state index contributed by atoms with van der Waals surface area (Å²) in [6.45, 7) is 11.3. The molecule has 0 aromatic carbocycles. The molecule has 2 rings (SSSR count). The summed E-state index contributed by atoms with van der Waals surface area (Å²) in [5, 5.41) is 9.20. The Balaban J connectivity index is 2.00. The van der Waals surface area contributed by atoms with E-state index in [4.69, 9.17) is 4.74 Å². The zero-order valence-corrected chi connectivity index (χ0v) is 14.3. The standard InChI is InChI=1S/C17H27N3O3/c1-5-14-12-20(10-11-21)15(18-14)13-6-8-19(9-7-13)16(22)23-17(2,3)4/h5,12-13,21H,1,6-11H2,2-4H3. The quantitative estimate of drug-likeness (QED) is 0.925. The average molecular weight is 321 g/mol. The Hall–Kier alpha value is -1.82. The average Bonchev–Trinajstić information content (AvgIpc) is 2.89. The smallest absolute Gasteiger partial charge is 0.410 e. The molecule has 1 fully saturated rings. The number of carbonyl (C=O) groups excluding carboxylic acids is 1. The van der Waals surface area contributed by atoms with Gasteiger partial charge in [-0.1, -0.05) is 6.58 Å². The highest BCUT2D eigenvalue weighted by atomic mass is 16.6. The summed E-state index contributed by atoms with van der Waals surface area (Å²) in [5.41, 5.74) is 0.354. The Morgan fingerprint density at radius 1 is 1.48 bits per heavy atom. The number of carbonyl (C=O) groups is 1. The largest absolute Gasteiger partial charge is 0.444 e. The number of rotatable bonds is 4. The molecule has 1 aromatic rings. The summed E-state index contributed by atoms with van der Waals surface area (Å²) >= 11 is 0. The maximum Gasteiger partial charge on any atom is 0.410 e. The van der Waals surface area contributed by atoms with Gasteiger partial charge in [0.2, 0.25) is 0 Å². The lowest BCUT2D eigenvalue weighted by molar-refractivity contribution is 0.0202. The van der Waals surface area contributed by atoms with Gasteiger partial charge in [-0.05, 0) is 39.7 Å². The summed E-state index contributed by atoms with van der Waals surface area (Å²) in [6, 6.07) is 0. The minimum Gasteiger partial charge on any atom is -0.444 e. The van der Waals surface area contributed by atoms with Crippen molar-refractivity contribution >= 4 is 12.2 Å². The van der Waals surface area contributed by atoms with E-state index in [0.29, 0.717) is 19.6 Å². The number of hydrogen-bond donors (Lipinski definition) is 1. The molecule has 2 heterocycles. The van der Waals surface area contributed by atoms with E-state index >= 15 is 0 Å². The van der Waals surface area contributed by atoms with Crippen LogP contribution in [-0.4, -0.2) is 50.9 Å². The van der Waals surface area contributed by atoms with E-state index in [0.717, 1.165) is 24.4 Å². The van der Waals surface area contributed by atoms with Gasteiger partial charge >= 0.3 is 6.09 Å². The number of nitrogens with zero attached hydrogens (tertiary/aromatic N) is 3. The number of aliphatic hydroxyl groups is 1. The first-order valence-electron chi connectivity index (χ1n) is 8.12. The number of likely N-dealkylation sites (tertiary alicyclic amines) is 1. The number of imidazole rings is 1. The third kappa shape index (κ3) is 4.58. The monoisotopic (exact) mass is 321 g/mol. The second kappa shape index (κ2) is 7.17. The fourth-order valence-corrected chi connectivity index (χ4v) is 2.81. The van der Waals surface area contributed by atoms with E-state index in [1.54, 1.807) is 11.0 Å². The van der Waals surface area contributed by atoms with Gasteiger partial charge in [-0.3, -0.25) is 0 Å². The molecule has 0 aliphatic carbocycles. The number of aromatic nitrogens is 2. The summed E-state index contributed by atoms with van der Waals surface area (Å²) in [4.78, 5) is 18.5. The van der Waals surface area contributed by atoms with E-state index < -0.39 is 5.60 Å². The van der Waals surface area contributed by atoms with E-state index in [9.17, 15) is 9.90 Å². The highest BCUT2D eigenvalue weighted by Gasteiger charge is 2.29. The fourth-order valence-electron chi connectivity index (χ4n) is 2.81. The van der Waals surface area contributed by atoms with Crippen LogP contribution in [0.3, 0.4) is 0 Å². The zero-order valence-electron chi connectivity index (χ0n) is 14.3.